The second-order valence-electron chi connectivity index (χ2n) is 7.65. The van der Waals surface area contributed by atoms with Crippen LogP contribution in [0, 0.1) is 0 Å². The number of fused-ring (bicyclic) bond motifs is 1. The predicted molar refractivity (Wildman–Crippen MR) is 125 cm³/mol. The van der Waals surface area contributed by atoms with Crippen molar-refractivity contribution in [1.29, 1.82) is 0 Å². The van der Waals surface area contributed by atoms with Crippen molar-refractivity contribution in [2.75, 3.05) is 29.4 Å². The standard InChI is InChI=1S/C26H29N3O/c30-26(29-20-10-9-13-22-12-7-8-18-25(22)29)27-19-11-21-28(23-14-3-1-4-15-23)24-16-5-2-6-17-24/h1-8,12,14-18H,9-11,13,19-21H2,(H,27,30). The molecule has 3 aromatic rings. The molecule has 1 aliphatic heterocycles. The van der Waals surface area contributed by atoms with Gasteiger partial charge in [0.2, 0.25) is 0 Å². The molecular formula is C26H29N3O. The van der Waals surface area contributed by atoms with Gasteiger partial charge in [-0.1, -0.05) is 54.6 Å². The van der Waals surface area contributed by atoms with E-state index in [1.54, 1.807) is 0 Å². The lowest BCUT2D eigenvalue weighted by Gasteiger charge is -2.26. The molecule has 4 nitrogen and oxygen atoms in total. The molecule has 3 aromatic carbocycles. The number of nitrogens with zero attached hydrogens (tertiary/aromatic N) is 2. The van der Waals surface area contributed by atoms with Crippen LogP contribution in [0.1, 0.15) is 24.8 Å². The highest BCUT2D eigenvalue weighted by atomic mass is 16.2. The van der Waals surface area contributed by atoms with Gasteiger partial charge in [0.05, 0.1) is 0 Å². The maximum absolute atomic E-state index is 12.9. The third-order valence-corrected chi connectivity index (χ3v) is 5.58. The molecule has 0 unspecified atom stereocenters. The minimum absolute atomic E-state index is 0.00956. The van der Waals surface area contributed by atoms with Crippen molar-refractivity contribution in [3.63, 3.8) is 0 Å². The Labute approximate surface area is 179 Å². The van der Waals surface area contributed by atoms with Crippen LogP contribution in [0.25, 0.3) is 0 Å². The van der Waals surface area contributed by atoms with Gasteiger partial charge in [-0.2, -0.15) is 0 Å². The summed E-state index contributed by atoms with van der Waals surface area (Å²) in [7, 11) is 0. The first-order valence-corrected chi connectivity index (χ1v) is 10.8. The SMILES string of the molecule is O=C(NCCCN(c1ccccc1)c1ccccc1)N1CCCCc2ccccc21. The van der Waals surface area contributed by atoms with E-state index < -0.39 is 0 Å². The fourth-order valence-electron chi connectivity index (χ4n) is 4.05. The van der Waals surface area contributed by atoms with Crippen molar-refractivity contribution in [1.82, 2.24) is 5.32 Å². The highest BCUT2D eigenvalue weighted by Gasteiger charge is 2.20. The average Bonchev–Trinajstić information content (AvgIpc) is 3.03. The number of para-hydroxylation sites is 3. The molecule has 4 rings (SSSR count). The normalized spacial score (nSPS) is 13.3. The van der Waals surface area contributed by atoms with Crippen molar-refractivity contribution in [3.8, 4) is 0 Å². The first kappa shape index (κ1) is 20.0. The van der Waals surface area contributed by atoms with Crippen molar-refractivity contribution in [3.05, 3.63) is 90.5 Å². The molecule has 0 aromatic heterocycles. The maximum atomic E-state index is 12.9. The third-order valence-electron chi connectivity index (χ3n) is 5.58. The lowest BCUT2D eigenvalue weighted by molar-refractivity contribution is 0.246. The van der Waals surface area contributed by atoms with Crippen molar-refractivity contribution in [2.24, 2.45) is 0 Å². The molecule has 1 heterocycles. The van der Waals surface area contributed by atoms with Gasteiger partial charge in [-0.25, -0.2) is 4.79 Å². The second-order valence-corrected chi connectivity index (χ2v) is 7.65. The smallest absolute Gasteiger partial charge is 0.321 e. The van der Waals surface area contributed by atoms with Gasteiger partial charge in [-0.3, -0.25) is 4.90 Å². The molecule has 0 aliphatic carbocycles. The van der Waals surface area contributed by atoms with E-state index in [0.717, 1.165) is 55.8 Å². The van der Waals surface area contributed by atoms with Gasteiger partial charge in [0.25, 0.3) is 0 Å². The topological polar surface area (TPSA) is 35.6 Å². The van der Waals surface area contributed by atoms with Crippen molar-refractivity contribution >= 4 is 23.1 Å². The Morgan fingerprint density at radius 1 is 0.833 bits per heavy atom. The molecule has 0 atom stereocenters. The van der Waals surface area contributed by atoms with E-state index in [2.05, 4.69) is 76.9 Å². The van der Waals surface area contributed by atoms with Crippen LogP contribution in [-0.4, -0.2) is 25.7 Å². The summed E-state index contributed by atoms with van der Waals surface area (Å²) in [5, 5.41) is 3.14. The van der Waals surface area contributed by atoms with E-state index in [1.807, 2.05) is 23.1 Å². The number of aryl methyl sites for hydroxylation is 1. The van der Waals surface area contributed by atoms with E-state index in [-0.39, 0.29) is 6.03 Å². The lowest BCUT2D eigenvalue weighted by atomic mass is 10.1. The van der Waals surface area contributed by atoms with E-state index in [9.17, 15) is 4.79 Å². The monoisotopic (exact) mass is 399 g/mol. The minimum Gasteiger partial charge on any atom is -0.341 e. The molecule has 0 saturated heterocycles. The van der Waals surface area contributed by atoms with Crippen LogP contribution in [0.4, 0.5) is 21.9 Å². The first-order chi connectivity index (χ1) is 14.8. The summed E-state index contributed by atoms with van der Waals surface area (Å²) in [6.45, 7) is 2.27. The van der Waals surface area contributed by atoms with Gasteiger partial charge in [0.1, 0.15) is 0 Å². The van der Waals surface area contributed by atoms with Crippen LogP contribution in [0.5, 0.6) is 0 Å². The lowest BCUT2D eigenvalue weighted by Crippen LogP contribution is -2.41. The van der Waals surface area contributed by atoms with Crippen LogP contribution >= 0.6 is 0 Å². The number of amides is 2. The Hall–Kier alpha value is -3.27. The fourth-order valence-corrected chi connectivity index (χ4v) is 4.05. The van der Waals surface area contributed by atoms with E-state index in [0.29, 0.717) is 6.54 Å². The summed E-state index contributed by atoms with van der Waals surface area (Å²) in [6, 6.07) is 29.1. The van der Waals surface area contributed by atoms with Gasteiger partial charge in [-0.05, 0) is 61.6 Å². The van der Waals surface area contributed by atoms with Gasteiger partial charge in [-0.15, -0.1) is 0 Å². The number of benzene rings is 3. The zero-order valence-corrected chi connectivity index (χ0v) is 17.3. The Kier molecular flexibility index (Phi) is 6.65. The van der Waals surface area contributed by atoms with Crippen LogP contribution in [0.2, 0.25) is 0 Å². The molecule has 0 radical (unpaired) electrons. The second kappa shape index (κ2) is 9.97. The molecule has 1 aliphatic rings. The number of hydrogen-bond acceptors (Lipinski definition) is 2. The highest BCUT2D eigenvalue weighted by Crippen LogP contribution is 2.26. The van der Waals surface area contributed by atoms with E-state index >= 15 is 0 Å². The summed E-state index contributed by atoms with van der Waals surface area (Å²) in [5.74, 6) is 0. The van der Waals surface area contributed by atoms with Crippen LogP contribution in [0.15, 0.2) is 84.9 Å². The fraction of sp³-hybridized carbons (Fsp3) is 0.269. The minimum atomic E-state index is 0.00956. The quantitative estimate of drug-likeness (QED) is 0.534. The molecule has 0 bridgehead atoms. The van der Waals surface area contributed by atoms with Crippen molar-refractivity contribution in [2.45, 2.75) is 25.7 Å². The summed E-state index contributed by atoms with van der Waals surface area (Å²) in [6.07, 6.45) is 4.08. The number of anilines is 3. The Morgan fingerprint density at radius 2 is 1.47 bits per heavy atom. The van der Waals surface area contributed by atoms with Crippen LogP contribution in [-0.2, 0) is 6.42 Å². The highest BCUT2D eigenvalue weighted by molar-refractivity contribution is 5.92. The summed E-state index contributed by atoms with van der Waals surface area (Å²) in [5.41, 5.74) is 4.65. The maximum Gasteiger partial charge on any atom is 0.321 e. The van der Waals surface area contributed by atoms with Crippen molar-refractivity contribution < 1.29 is 4.79 Å². The van der Waals surface area contributed by atoms with E-state index in [1.165, 1.54) is 5.56 Å². The van der Waals surface area contributed by atoms with E-state index in [4.69, 9.17) is 0 Å². The molecule has 1 N–H and O–H groups in total. The number of carbonyl (C=O) groups excluding carboxylic acids is 1. The van der Waals surface area contributed by atoms with Crippen LogP contribution < -0.4 is 15.1 Å². The van der Waals surface area contributed by atoms with Gasteiger partial charge >= 0.3 is 6.03 Å². The molecule has 4 heteroatoms. The molecule has 2 amide bonds. The number of carbonyl (C=O) groups is 1. The number of hydrogen-bond donors (Lipinski definition) is 1. The summed E-state index contributed by atoms with van der Waals surface area (Å²) < 4.78 is 0. The number of nitrogens with one attached hydrogen (secondary N) is 1. The molecular weight excluding hydrogens is 370 g/mol. The zero-order valence-electron chi connectivity index (χ0n) is 17.3. The Balaban J connectivity index is 1.37. The Bertz CT molecular complexity index is 903. The molecule has 30 heavy (non-hydrogen) atoms. The molecule has 0 fully saturated rings. The van der Waals surface area contributed by atoms with Crippen LogP contribution in [0.3, 0.4) is 0 Å². The third kappa shape index (κ3) is 4.82. The van der Waals surface area contributed by atoms with Gasteiger partial charge in [0.15, 0.2) is 0 Å². The molecule has 0 spiro atoms. The van der Waals surface area contributed by atoms with Gasteiger partial charge < -0.3 is 10.2 Å². The Morgan fingerprint density at radius 3 is 2.17 bits per heavy atom. The molecule has 154 valence electrons. The average molecular weight is 400 g/mol. The summed E-state index contributed by atoms with van der Waals surface area (Å²) in [4.78, 5) is 17.1. The predicted octanol–water partition coefficient (Wildman–Crippen LogP) is 5.77. The van der Waals surface area contributed by atoms with Gasteiger partial charge in [0, 0.05) is 36.7 Å². The first-order valence-electron chi connectivity index (χ1n) is 10.8. The number of rotatable bonds is 6. The zero-order chi connectivity index (χ0) is 20.6. The summed E-state index contributed by atoms with van der Waals surface area (Å²) >= 11 is 0. The largest absolute Gasteiger partial charge is 0.341 e. The molecule has 0 saturated carbocycles. The number of urea groups is 1.